The van der Waals surface area contributed by atoms with Crippen LogP contribution in [-0.4, -0.2) is 24.7 Å². The first kappa shape index (κ1) is 17.5. The second-order valence-electron chi connectivity index (χ2n) is 4.40. The summed E-state index contributed by atoms with van der Waals surface area (Å²) in [6.07, 6.45) is 4.46. The fraction of sp³-hybridized carbons (Fsp3) is 0.118. The predicted molar refractivity (Wildman–Crippen MR) is 90.7 cm³/mol. The molecular weight excluding hydrogens is 376 g/mol. The summed E-state index contributed by atoms with van der Waals surface area (Å²) in [5, 5.41) is 8.55. The van der Waals surface area contributed by atoms with Gasteiger partial charge in [0.1, 0.15) is 10.7 Å². The highest BCUT2D eigenvalue weighted by Crippen LogP contribution is 2.28. The van der Waals surface area contributed by atoms with Gasteiger partial charge < -0.3 is 14.2 Å². The molecular formula is C17H13BrN2O4. The molecule has 1 aromatic carbocycles. The van der Waals surface area contributed by atoms with Crippen molar-refractivity contribution in [2.24, 2.45) is 0 Å². The van der Waals surface area contributed by atoms with Crippen molar-refractivity contribution in [1.29, 1.82) is 5.26 Å². The number of hydrogen-bond donors (Lipinski definition) is 0. The van der Waals surface area contributed by atoms with Gasteiger partial charge in [0.05, 0.1) is 7.11 Å². The van der Waals surface area contributed by atoms with Crippen molar-refractivity contribution in [2.75, 3.05) is 13.7 Å². The van der Waals surface area contributed by atoms with Gasteiger partial charge in [-0.3, -0.25) is 0 Å². The fourth-order valence-corrected chi connectivity index (χ4v) is 2.10. The predicted octanol–water partition coefficient (Wildman–Crippen LogP) is 3.37. The smallest absolute Gasteiger partial charge is 0.336 e. The second kappa shape index (κ2) is 8.70. The highest BCUT2D eigenvalue weighted by Gasteiger charge is 2.07. The van der Waals surface area contributed by atoms with E-state index < -0.39 is 5.97 Å². The van der Waals surface area contributed by atoms with Crippen molar-refractivity contribution in [3.63, 3.8) is 0 Å². The van der Waals surface area contributed by atoms with Crippen molar-refractivity contribution in [2.45, 2.75) is 0 Å². The van der Waals surface area contributed by atoms with Gasteiger partial charge in [-0.25, -0.2) is 9.78 Å². The van der Waals surface area contributed by atoms with Gasteiger partial charge in [-0.2, -0.15) is 5.26 Å². The summed E-state index contributed by atoms with van der Waals surface area (Å²) >= 11 is 3.20. The minimum absolute atomic E-state index is 0.0716. The van der Waals surface area contributed by atoms with Crippen LogP contribution in [0.15, 0.2) is 47.2 Å². The number of halogens is 1. The molecule has 0 aliphatic heterocycles. The van der Waals surface area contributed by atoms with Gasteiger partial charge in [0.2, 0.25) is 0 Å². The van der Waals surface area contributed by atoms with Crippen LogP contribution in [0.5, 0.6) is 17.2 Å². The Morgan fingerprint density at radius 2 is 2.17 bits per heavy atom. The number of carbonyl (C=O) groups excluding carboxylic acids is 1. The SMILES string of the molecule is COc1cc(/C=C/C(=O)Oc2cccnc2Br)ccc1OCC#N. The number of nitriles is 1. The van der Waals surface area contributed by atoms with Gasteiger partial charge in [0.25, 0.3) is 0 Å². The van der Waals surface area contributed by atoms with Crippen LogP contribution in [0, 0.1) is 11.3 Å². The number of hydrogen-bond acceptors (Lipinski definition) is 6. The number of carbonyl (C=O) groups is 1. The van der Waals surface area contributed by atoms with Crippen molar-refractivity contribution < 1.29 is 19.0 Å². The molecule has 1 heterocycles. The molecule has 0 saturated carbocycles. The first-order valence-electron chi connectivity index (χ1n) is 6.82. The lowest BCUT2D eigenvalue weighted by atomic mass is 10.2. The molecule has 0 aliphatic rings. The number of methoxy groups -OCH3 is 1. The summed E-state index contributed by atoms with van der Waals surface area (Å²) in [4.78, 5) is 15.8. The molecule has 24 heavy (non-hydrogen) atoms. The minimum atomic E-state index is -0.535. The number of ether oxygens (including phenoxy) is 3. The third-order valence-corrected chi connectivity index (χ3v) is 3.42. The first-order chi connectivity index (χ1) is 11.6. The molecule has 2 rings (SSSR count). The number of benzene rings is 1. The maximum atomic E-state index is 11.9. The van der Waals surface area contributed by atoms with Crippen LogP contribution in [0.25, 0.3) is 6.08 Å². The van der Waals surface area contributed by atoms with Crippen molar-refractivity contribution in [3.05, 3.63) is 52.8 Å². The van der Waals surface area contributed by atoms with E-state index in [2.05, 4.69) is 20.9 Å². The summed E-state index contributed by atoms with van der Waals surface area (Å²) < 4.78 is 16.1. The molecule has 1 aromatic heterocycles. The Balaban J connectivity index is 2.07. The Morgan fingerprint density at radius 1 is 1.33 bits per heavy atom. The van der Waals surface area contributed by atoms with E-state index in [1.807, 2.05) is 6.07 Å². The first-order valence-corrected chi connectivity index (χ1v) is 7.61. The van der Waals surface area contributed by atoms with E-state index in [9.17, 15) is 4.79 Å². The van der Waals surface area contributed by atoms with Gasteiger partial charge >= 0.3 is 5.97 Å². The molecule has 0 unspecified atom stereocenters. The van der Waals surface area contributed by atoms with Crippen LogP contribution in [0.4, 0.5) is 0 Å². The standard InChI is InChI=1S/C17H13BrN2O4/c1-22-15-11-12(4-6-13(15)23-10-8-19)5-7-16(21)24-14-3-2-9-20-17(14)18/h2-7,9,11H,10H2,1H3/b7-5+. The van der Waals surface area contributed by atoms with E-state index in [4.69, 9.17) is 19.5 Å². The zero-order chi connectivity index (χ0) is 17.4. The van der Waals surface area contributed by atoms with Gasteiger partial charge in [0.15, 0.2) is 23.9 Å². The number of nitrogens with zero attached hydrogens (tertiary/aromatic N) is 2. The summed E-state index contributed by atoms with van der Waals surface area (Å²) in [5.41, 5.74) is 0.721. The number of esters is 1. The monoisotopic (exact) mass is 388 g/mol. The Labute approximate surface area is 147 Å². The lowest BCUT2D eigenvalue weighted by molar-refractivity contribution is -0.128. The third kappa shape index (κ3) is 4.83. The molecule has 2 aromatic rings. The van der Waals surface area contributed by atoms with Crippen LogP contribution in [-0.2, 0) is 4.79 Å². The van der Waals surface area contributed by atoms with Crippen LogP contribution in [0.2, 0.25) is 0 Å². The molecule has 0 spiro atoms. The zero-order valence-electron chi connectivity index (χ0n) is 12.7. The molecule has 7 heteroatoms. The topological polar surface area (TPSA) is 81.4 Å². The zero-order valence-corrected chi connectivity index (χ0v) is 14.3. The Kier molecular flexibility index (Phi) is 6.34. The van der Waals surface area contributed by atoms with E-state index in [-0.39, 0.29) is 6.61 Å². The van der Waals surface area contributed by atoms with Gasteiger partial charge in [-0.1, -0.05) is 6.07 Å². The third-order valence-electron chi connectivity index (χ3n) is 2.83. The lowest BCUT2D eigenvalue weighted by Gasteiger charge is -2.08. The Hall–Kier alpha value is -2.85. The van der Waals surface area contributed by atoms with Crippen molar-refractivity contribution in [3.8, 4) is 23.3 Å². The van der Waals surface area contributed by atoms with Crippen LogP contribution in [0.1, 0.15) is 5.56 Å². The summed E-state index contributed by atoms with van der Waals surface area (Å²) in [7, 11) is 1.50. The summed E-state index contributed by atoms with van der Waals surface area (Å²) in [6, 6.07) is 10.3. The molecule has 0 radical (unpaired) electrons. The molecule has 6 nitrogen and oxygen atoms in total. The quantitative estimate of drug-likeness (QED) is 0.428. The average Bonchev–Trinajstić information content (AvgIpc) is 2.60. The van der Waals surface area contributed by atoms with Gasteiger partial charge in [0, 0.05) is 12.3 Å². The average molecular weight is 389 g/mol. The fourth-order valence-electron chi connectivity index (χ4n) is 1.77. The Morgan fingerprint density at radius 3 is 2.88 bits per heavy atom. The van der Waals surface area contributed by atoms with E-state index in [0.717, 1.165) is 5.56 Å². The number of rotatable bonds is 6. The second-order valence-corrected chi connectivity index (χ2v) is 5.16. The number of aromatic nitrogens is 1. The molecule has 122 valence electrons. The maximum absolute atomic E-state index is 11.9. The van der Waals surface area contributed by atoms with Gasteiger partial charge in [-0.05, 0) is 51.8 Å². The normalized spacial score (nSPS) is 10.2. The largest absolute Gasteiger partial charge is 0.493 e. The molecule has 0 atom stereocenters. The lowest BCUT2D eigenvalue weighted by Crippen LogP contribution is -2.04. The van der Waals surface area contributed by atoms with Crippen molar-refractivity contribution >= 4 is 28.0 Å². The molecule has 0 saturated heterocycles. The maximum Gasteiger partial charge on any atom is 0.336 e. The van der Waals surface area contributed by atoms with Crippen LogP contribution < -0.4 is 14.2 Å². The summed E-state index contributed by atoms with van der Waals surface area (Å²) in [5.74, 6) is 0.728. The molecule has 0 N–H and O–H groups in total. The molecule has 0 aliphatic carbocycles. The van der Waals surface area contributed by atoms with E-state index in [1.54, 1.807) is 42.6 Å². The molecule has 0 fully saturated rings. The highest BCUT2D eigenvalue weighted by atomic mass is 79.9. The van der Waals surface area contributed by atoms with E-state index in [1.165, 1.54) is 13.2 Å². The van der Waals surface area contributed by atoms with Crippen molar-refractivity contribution in [1.82, 2.24) is 4.98 Å². The minimum Gasteiger partial charge on any atom is -0.493 e. The summed E-state index contributed by atoms with van der Waals surface area (Å²) in [6.45, 7) is -0.0716. The van der Waals surface area contributed by atoms with E-state index >= 15 is 0 Å². The van der Waals surface area contributed by atoms with E-state index in [0.29, 0.717) is 21.9 Å². The number of pyridine rings is 1. The Bertz CT molecular complexity index is 799. The van der Waals surface area contributed by atoms with Gasteiger partial charge in [-0.15, -0.1) is 0 Å². The molecule has 0 amide bonds. The van der Waals surface area contributed by atoms with Crippen LogP contribution in [0.3, 0.4) is 0 Å². The van der Waals surface area contributed by atoms with Crippen LogP contribution >= 0.6 is 15.9 Å². The highest BCUT2D eigenvalue weighted by molar-refractivity contribution is 9.10. The molecule has 0 bridgehead atoms.